The van der Waals surface area contributed by atoms with E-state index < -0.39 is 5.97 Å². The van der Waals surface area contributed by atoms with Gasteiger partial charge in [-0.15, -0.1) is 0 Å². The molecule has 65 heavy (non-hydrogen) atoms. The van der Waals surface area contributed by atoms with Crippen molar-refractivity contribution < 1.29 is 33.7 Å². The van der Waals surface area contributed by atoms with Gasteiger partial charge in [-0.05, 0) is 70.6 Å². The zero-order chi connectivity index (χ0) is 47.6. The van der Waals surface area contributed by atoms with Gasteiger partial charge in [0.1, 0.15) is 13.2 Å². The topological polar surface area (TPSA) is 99.1 Å². The number of carboxylic acids is 1. The zero-order valence-electron chi connectivity index (χ0n) is 43.6. The van der Waals surface area contributed by atoms with Gasteiger partial charge < -0.3 is 19.3 Å². The van der Waals surface area contributed by atoms with Gasteiger partial charge in [0, 0.05) is 19.3 Å². The molecule has 7 nitrogen and oxygen atoms in total. The van der Waals surface area contributed by atoms with Crippen LogP contribution in [-0.4, -0.2) is 49.4 Å². The first-order chi connectivity index (χ1) is 32.0. The maximum absolute atomic E-state index is 11.9. The number of carbonyl (C=O) groups excluding carboxylic acids is 2. The Bertz CT molecular complexity index is 1010. The van der Waals surface area contributed by atoms with Crippen LogP contribution in [-0.2, 0) is 28.6 Å². The van der Waals surface area contributed by atoms with E-state index in [1.165, 1.54) is 225 Å². The fourth-order valence-corrected chi connectivity index (χ4v) is 8.00. The summed E-state index contributed by atoms with van der Waals surface area (Å²) in [4.78, 5) is 34.1. The number of aliphatic carboxylic acids is 1. The van der Waals surface area contributed by atoms with E-state index in [1.807, 2.05) is 0 Å². The molecular formula is C58H110O7. The van der Waals surface area contributed by atoms with Crippen molar-refractivity contribution in [1.29, 1.82) is 0 Å². The van der Waals surface area contributed by atoms with Crippen molar-refractivity contribution in [2.24, 2.45) is 0 Å². The van der Waals surface area contributed by atoms with E-state index >= 15 is 0 Å². The van der Waals surface area contributed by atoms with Crippen molar-refractivity contribution in [3.8, 4) is 0 Å². The lowest BCUT2D eigenvalue weighted by Crippen LogP contribution is -2.14. The summed E-state index contributed by atoms with van der Waals surface area (Å²) in [6.07, 6.45) is 62.9. The highest BCUT2D eigenvalue weighted by Gasteiger charge is 2.05. The van der Waals surface area contributed by atoms with E-state index in [1.54, 1.807) is 0 Å². The lowest BCUT2D eigenvalue weighted by molar-refractivity contribution is -0.147. The van der Waals surface area contributed by atoms with Crippen molar-refractivity contribution in [2.45, 2.75) is 303 Å². The van der Waals surface area contributed by atoms with E-state index in [9.17, 15) is 14.4 Å². The van der Waals surface area contributed by atoms with Crippen LogP contribution in [0, 0.1) is 0 Å². The predicted octanol–water partition coefficient (Wildman–Crippen LogP) is 18.5. The first-order valence-corrected chi connectivity index (χ1v) is 28.4. The molecule has 0 saturated heterocycles. The van der Waals surface area contributed by atoms with E-state index in [-0.39, 0.29) is 25.2 Å². The number of carbonyl (C=O) groups is 3. The molecular weight excluding hydrogens is 809 g/mol. The first-order valence-electron chi connectivity index (χ1n) is 28.4. The van der Waals surface area contributed by atoms with Gasteiger partial charge in [-0.1, -0.05) is 238 Å². The molecule has 0 fully saturated rings. The van der Waals surface area contributed by atoms with Crippen LogP contribution in [0.25, 0.3) is 0 Å². The van der Waals surface area contributed by atoms with E-state index in [4.69, 9.17) is 19.3 Å². The van der Waals surface area contributed by atoms with Gasteiger partial charge in [0.25, 0.3) is 0 Å². The molecule has 0 bridgehead atoms. The molecule has 0 aliphatic carbocycles. The van der Waals surface area contributed by atoms with Crippen LogP contribution in [0.15, 0.2) is 24.3 Å². The molecule has 0 radical (unpaired) electrons. The second kappa shape index (κ2) is 59.9. The Labute approximate surface area is 404 Å². The molecule has 7 heteroatoms. The Kier molecular flexibility index (Phi) is 59.8. The minimum absolute atomic E-state index is 0.139. The summed E-state index contributed by atoms with van der Waals surface area (Å²) < 4.78 is 15.9. The quantitative estimate of drug-likeness (QED) is 0.0368. The number of esters is 2. The normalized spacial score (nSPS) is 11.4. The maximum atomic E-state index is 11.9. The van der Waals surface area contributed by atoms with Gasteiger partial charge in [-0.25, -0.2) is 0 Å². The highest BCUT2D eigenvalue weighted by molar-refractivity contribution is 5.69. The fourth-order valence-electron chi connectivity index (χ4n) is 8.00. The lowest BCUT2D eigenvalue weighted by Gasteiger charge is -2.07. The molecule has 0 aromatic heterocycles. The molecule has 0 amide bonds. The molecule has 0 aliphatic heterocycles. The van der Waals surface area contributed by atoms with Crippen molar-refractivity contribution in [2.75, 3.05) is 26.4 Å². The summed E-state index contributed by atoms with van der Waals surface area (Å²) in [5.41, 5.74) is 0. The van der Waals surface area contributed by atoms with Crippen molar-refractivity contribution >= 4 is 17.9 Å². The third-order valence-electron chi connectivity index (χ3n) is 12.3. The number of unbranched alkanes of at least 4 members (excludes halogenated alkanes) is 36. The zero-order valence-corrected chi connectivity index (χ0v) is 43.6. The van der Waals surface area contributed by atoms with Gasteiger partial charge in [0.05, 0.1) is 13.2 Å². The molecule has 0 atom stereocenters. The molecule has 384 valence electrons. The minimum Gasteiger partial charge on any atom is -0.481 e. The molecule has 0 aromatic rings. The lowest BCUT2D eigenvalue weighted by atomic mass is 10.0. The standard InChI is InChI=1S/C40H76O5.C18H34O2/c1-3-5-7-9-11-13-15-17-19-21-23-25-27-29-31-33-39(41)44-37-35-43-36-38-45-40(42)34-32-30-28-26-24-22-20-18-16-14-12-10-8-6-4-2;1-2-3-4-5-6-7-8-9-10-11-12-13-14-15-16-17-18(19)20/h17,19H,3-16,18,20-38H2,1-2H3;9-10H,2-8,11-17H2,1H3,(H,19,20)/b19-17-;10-9-. The van der Waals surface area contributed by atoms with Crippen LogP contribution in [0.4, 0.5) is 0 Å². The van der Waals surface area contributed by atoms with Crippen molar-refractivity contribution in [1.82, 2.24) is 0 Å². The van der Waals surface area contributed by atoms with Crippen molar-refractivity contribution in [3.05, 3.63) is 24.3 Å². The largest absolute Gasteiger partial charge is 0.481 e. The van der Waals surface area contributed by atoms with E-state index in [2.05, 4.69) is 45.1 Å². The Morgan fingerprint density at radius 3 is 0.800 bits per heavy atom. The number of hydrogen-bond donors (Lipinski definition) is 1. The SMILES string of the molecule is CCCCCCCC/C=C\CCCCCCCC(=O)O.CCCCCCCC/C=C\CCCCCCCC(=O)OCCOCCOC(=O)CCCCCCCCCCCCCCCCC. The molecule has 0 aromatic carbocycles. The summed E-state index contributed by atoms with van der Waals surface area (Å²) in [6.45, 7) is 8.01. The van der Waals surface area contributed by atoms with Gasteiger partial charge in [-0.3, -0.25) is 14.4 Å². The van der Waals surface area contributed by atoms with Crippen LogP contribution in [0.2, 0.25) is 0 Å². The van der Waals surface area contributed by atoms with Crippen LogP contribution in [0.1, 0.15) is 303 Å². The predicted molar refractivity (Wildman–Crippen MR) is 279 cm³/mol. The molecule has 0 heterocycles. The number of carboxylic acid groups (broad SMARTS) is 1. The number of rotatable bonds is 52. The number of allylic oxidation sites excluding steroid dienone is 4. The summed E-state index contributed by atoms with van der Waals surface area (Å²) in [6, 6.07) is 0. The second-order valence-electron chi connectivity index (χ2n) is 18.8. The first kappa shape index (κ1) is 64.9. The van der Waals surface area contributed by atoms with Crippen LogP contribution < -0.4 is 0 Å². The van der Waals surface area contributed by atoms with Gasteiger partial charge in [-0.2, -0.15) is 0 Å². The van der Waals surface area contributed by atoms with E-state index in [0.717, 1.165) is 38.5 Å². The molecule has 0 unspecified atom stereocenters. The summed E-state index contributed by atoms with van der Waals surface area (Å²) in [5.74, 6) is -0.950. The van der Waals surface area contributed by atoms with Crippen LogP contribution in [0.3, 0.4) is 0 Å². The molecule has 0 aliphatic rings. The summed E-state index contributed by atoms with van der Waals surface area (Å²) in [5, 5.41) is 8.51. The summed E-state index contributed by atoms with van der Waals surface area (Å²) in [7, 11) is 0. The average Bonchev–Trinajstić information content (AvgIpc) is 3.30. The van der Waals surface area contributed by atoms with Crippen LogP contribution in [0.5, 0.6) is 0 Å². The highest BCUT2D eigenvalue weighted by Crippen LogP contribution is 2.15. The Balaban J connectivity index is 0. The molecule has 0 saturated carbocycles. The molecule has 1 N–H and O–H groups in total. The fraction of sp³-hybridized carbons (Fsp3) is 0.879. The second-order valence-corrected chi connectivity index (χ2v) is 18.8. The maximum Gasteiger partial charge on any atom is 0.305 e. The third-order valence-corrected chi connectivity index (χ3v) is 12.3. The minimum atomic E-state index is -0.664. The highest BCUT2D eigenvalue weighted by atomic mass is 16.6. The van der Waals surface area contributed by atoms with E-state index in [0.29, 0.717) is 32.5 Å². The number of hydrogen-bond acceptors (Lipinski definition) is 6. The monoisotopic (exact) mass is 919 g/mol. The molecule has 0 rings (SSSR count). The third kappa shape index (κ3) is 64.0. The summed E-state index contributed by atoms with van der Waals surface area (Å²) >= 11 is 0. The van der Waals surface area contributed by atoms with Gasteiger partial charge in [0.2, 0.25) is 0 Å². The van der Waals surface area contributed by atoms with Crippen LogP contribution >= 0.6 is 0 Å². The van der Waals surface area contributed by atoms with Gasteiger partial charge >= 0.3 is 17.9 Å². The number of ether oxygens (including phenoxy) is 3. The Morgan fingerprint density at radius 2 is 0.538 bits per heavy atom. The molecule has 0 spiro atoms. The van der Waals surface area contributed by atoms with Gasteiger partial charge in [0.15, 0.2) is 0 Å². The Morgan fingerprint density at radius 1 is 0.308 bits per heavy atom. The Hall–Kier alpha value is -2.15. The van der Waals surface area contributed by atoms with Crippen molar-refractivity contribution in [3.63, 3.8) is 0 Å². The average molecular weight is 920 g/mol. The smallest absolute Gasteiger partial charge is 0.305 e.